The van der Waals surface area contributed by atoms with Crippen LogP contribution in [0.5, 0.6) is 0 Å². The van der Waals surface area contributed by atoms with E-state index in [9.17, 15) is 4.79 Å². The molecule has 1 aromatic rings. The molecule has 1 rings (SSSR count). The lowest BCUT2D eigenvalue weighted by Gasteiger charge is -2.15. The number of aromatic nitrogens is 1. The number of nitrogens with one attached hydrogen (secondary N) is 1. The van der Waals surface area contributed by atoms with Crippen LogP contribution in [0.15, 0.2) is 18.3 Å². The van der Waals surface area contributed by atoms with Crippen molar-refractivity contribution in [3.05, 3.63) is 29.6 Å². The first-order valence-corrected chi connectivity index (χ1v) is 4.90. The van der Waals surface area contributed by atoms with Crippen LogP contribution >= 0.6 is 0 Å². The molecule has 0 saturated heterocycles. The summed E-state index contributed by atoms with van der Waals surface area (Å²) in [6.07, 6.45) is 1.60. The van der Waals surface area contributed by atoms with E-state index >= 15 is 0 Å². The van der Waals surface area contributed by atoms with Crippen molar-refractivity contribution in [2.45, 2.75) is 6.54 Å². The minimum atomic E-state index is -0.0305. The topological polar surface area (TPSA) is 69.0 Å². The maximum atomic E-state index is 11.1. The summed E-state index contributed by atoms with van der Waals surface area (Å²) < 4.78 is 0. The van der Waals surface area contributed by atoms with Gasteiger partial charge in [-0.05, 0) is 24.7 Å². The van der Waals surface area contributed by atoms with Gasteiger partial charge in [-0.2, -0.15) is 5.26 Å². The Hall–Kier alpha value is -1.93. The van der Waals surface area contributed by atoms with Gasteiger partial charge in [0, 0.05) is 19.8 Å². The van der Waals surface area contributed by atoms with Crippen LogP contribution in [-0.4, -0.2) is 36.4 Å². The Morgan fingerprint density at radius 3 is 3.06 bits per heavy atom. The molecule has 84 valence electrons. The molecule has 1 amide bonds. The zero-order valence-electron chi connectivity index (χ0n) is 9.40. The Balaban J connectivity index is 2.59. The quantitative estimate of drug-likeness (QED) is 0.780. The molecule has 0 saturated carbocycles. The van der Waals surface area contributed by atoms with Crippen molar-refractivity contribution in [2.75, 3.05) is 20.6 Å². The highest BCUT2D eigenvalue weighted by Gasteiger charge is 2.05. The van der Waals surface area contributed by atoms with Gasteiger partial charge in [-0.15, -0.1) is 0 Å². The Labute approximate surface area is 94.7 Å². The van der Waals surface area contributed by atoms with E-state index in [1.165, 1.54) is 0 Å². The van der Waals surface area contributed by atoms with Gasteiger partial charge >= 0.3 is 0 Å². The number of nitrogens with zero attached hydrogens (tertiary/aromatic N) is 3. The predicted molar refractivity (Wildman–Crippen MR) is 59.4 cm³/mol. The summed E-state index contributed by atoms with van der Waals surface area (Å²) in [5.41, 5.74) is 1.36. The fourth-order valence-corrected chi connectivity index (χ4v) is 1.33. The molecule has 0 spiro atoms. The monoisotopic (exact) mass is 218 g/mol. The number of rotatable bonds is 4. The summed E-state index contributed by atoms with van der Waals surface area (Å²) in [6.45, 7) is 0.950. The second-order valence-corrected chi connectivity index (χ2v) is 3.51. The molecule has 0 aliphatic carbocycles. The van der Waals surface area contributed by atoms with E-state index in [1.54, 1.807) is 19.3 Å². The van der Waals surface area contributed by atoms with Crippen LogP contribution in [0.2, 0.25) is 0 Å². The van der Waals surface area contributed by atoms with Gasteiger partial charge in [0.2, 0.25) is 5.91 Å². The minimum Gasteiger partial charge on any atom is -0.358 e. The number of likely N-dealkylation sites (N-methyl/N-ethyl adjacent to an activating group) is 2. The molecule has 0 aliphatic rings. The normalized spacial score (nSPS) is 9.88. The second-order valence-electron chi connectivity index (χ2n) is 3.51. The Morgan fingerprint density at radius 2 is 2.44 bits per heavy atom. The van der Waals surface area contributed by atoms with Crippen molar-refractivity contribution in [3.8, 4) is 6.07 Å². The van der Waals surface area contributed by atoms with Gasteiger partial charge in [0.25, 0.3) is 0 Å². The smallest absolute Gasteiger partial charge is 0.233 e. The lowest BCUT2D eigenvalue weighted by Crippen LogP contribution is -2.32. The molecule has 1 N–H and O–H groups in total. The van der Waals surface area contributed by atoms with Gasteiger partial charge in [0.1, 0.15) is 11.8 Å². The molecule has 1 heterocycles. The van der Waals surface area contributed by atoms with Crippen LogP contribution in [0.25, 0.3) is 0 Å². The molecule has 0 bridgehead atoms. The Bertz CT molecular complexity index is 411. The molecular formula is C11H14N4O. The number of carbonyl (C=O) groups excluding carboxylic acids is 1. The van der Waals surface area contributed by atoms with Crippen molar-refractivity contribution < 1.29 is 4.79 Å². The number of hydrogen-bond acceptors (Lipinski definition) is 4. The summed E-state index contributed by atoms with van der Waals surface area (Å²) in [5.74, 6) is -0.0305. The lowest BCUT2D eigenvalue weighted by molar-refractivity contribution is -0.121. The van der Waals surface area contributed by atoms with Crippen molar-refractivity contribution >= 4 is 5.91 Å². The summed E-state index contributed by atoms with van der Waals surface area (Å²) in [6, 6.07) is 5.54. The number of carbonyl (C=O) groups is 1. The predicted octanol–water partition coefficient (Wildman–Crippen LogP) is 0.131. The van der Waals surface area contributed by atoms with Crippen LogP contribution in [0.4, 0.5) is 0 Å². The van der Waals surface area contributed by atoms with E-state index in [1.807, 2.05) is 24.1 Å². The van der Waals surface area contributed by atoms with Gasteiger partial charge in [0.05, 0.1) is 6.54 Å². The fraction of sp³-hybridized carbons (Fsp3) is 0.364. The van der Waals surface area contributed by atoms with Gasteiger partial charge < -0.3 is 5.32 Å². The van der Waals surface area contributed by atoms with Crippen LogP contribution in [0, 0.1) is 11.3 Å². The van der Waals surface area contributed by atoms with Crippen molar-refractivity contribution in [2.24, 2.45) is 0 Å². The fourth-order valence-electron chi connectivity index (χ4n) is 1.33. The highest BCUT2D eigenvalue weighted by Crippen LogP contribution is 2.03. The average molecular weight is 218 g/mol. The standard InChI is InChI=1S/C11H14N4O/c1-13-11(16)8-15(2)7-9-3-4-14-10(5-9)6-12/h3-5H,7-8H2,1-2H3,(H,13,16). The van der Waals surface area contributed by atoms with Crippen molar-refractivity contribution in [1.29, 1.82) is 5.26 Å². The van der Waals surface area contributed by atoms with E-state index in [2.05, 4.69) is 10.3 Å². The van der Waals surface area contributed by atoms with Gasteiger partial charge in [-0.25, -0.2) is 4.98 Å². The molecule has 0 radical (unpaired) electrons. The van der Waals surface area contributed by atoms with Gasteiger partial charge in [0.15, 0.2) is 0 Å². The van der Waals surface area contributed by atoms with E-state index in [-0.39, 0.29) is 5.91 Å². The van der Waals surface area contributed by atoms with Gasteiger partial charge in [-0.3, -0.25) is 9.69 Å². The Kier molecular flexibility index (Phi) is 4.42. The molecule has 0 unspecified atom stereocenters. The van der Waals surface area contributed by atoms with Crippen molar-refractivity contribution in [1.82, 2.24) is 15.2 Å². The number of nitriles is 1. The van der Waals surface area contributed by atoms with Crippen LogP contribution in [0.1, 0.15) is 11.3 Å². The number of amides is 1. The molecule has 16 heavy (non-hydrogen) atoms. The van der Waals surface area contributed by atoms with E-state index < -0.39 is 0 Å². The maximum absolute atomic E-state index is 11.1. The SMILES string of the molecule is CNC(=O)CN(C)Cc1ccnc(C#N)c1. The lowest BCUT2D eigenvalue weighted by atomic mass is 10.2. The van der Waals surface area contributed by atoms with Gasteiger partial charge in [-0.1, -0.05) is 0 Å². The second kappa shape index (κ2) is 5.83. The molecule has 0 aliphatic heterocycles. The molecule has 0 fully saturated rings. The summed E-state index contributed by atoms with van der Waals surface area (Å²) in [5, 5.41) is 11.2. The summed E-state index contributed by atoms with van der Waals surface area (Å²) in [4.78, 5) is 16.9. The molecular weight excluding hydrogens is 204 g/mol. The van der Waals surface area contributed by atoms with E-state index in [0.29, 0.717) is 18.8 Å². The minimum absolute atomic E-state index is 0.0305. The first-order valence-electron chi connectivity index (χ1n) is 4.90. The van der Waals surface area contributed by atoms with E-state index in [4.69, 9.17) is 5.26 Å². The molecule has 5 nitrogen and oxygen atoms in total. The largest absolute Gasteiger partial charge is 0.358 e. The molecule has 0 aromatic carbocycles. The van der Waals surface area contributed by atoms with Crippen LogP contribution < -0.4 is 5.32 Å². The zero-order chi connectivity index (χ0) is 12.0. The first-order chi connectivity index (χ1) is 7.65. The third-order valence-electron chi connectivity index (χ3n) is 2.08. The molecule has 5 heteroatoms. The highest BCUT2D eigenvalue weighted by atomic mass is 16.1. The Morgan fingerprint density at radius 1 is 1.69 bits per heavy atom. The third-order valence-corrected chi connectivity index (χ3v) is 2.08. The average Bonchev–Trinajstić information content (AvgIpc) is 2.28. The number of pyridine rings is 1. The molecule has 0 atom stereocenters. The van der Waals surface area contributed by atoms with Crippen molar-refractivity contribution in [3.63, 3.8) is 0 Å². The molecule has 1 aromatic heterocycles. The highest BCUT2D eigenvalue weighted by molar-refractivity contribution is 5.77. The van der Waals surface area contributed by atoms with Crippen LogP contribution in [0.3, 0.4) is 0 Å². The summed E-state index contributed by atoms with van der Waals surface area (Å²) >= 11 is 0. The van der Waals surface area contributed by atoms with Crippen LogP contribution in [-0.2, 0) is 11.3 Å². The summed E-state index contributed by atoms with van der Waals surface area (Å²) in [7, 11) is 3.46. The third kappa shape index (κ3) is 3.67. The first kappa shape index (κ1) is 12.1. The number of hydrogen-bond donors (Lipinski definition) is 1. The maximum Gasteiger partial charge on any atom is 0.233 e. The van der Waals surface area contributed by atoms with E-state index in [0.717, 1.165) is 5.56 Å². The zero-order valence-corrected chi connectivity index (χ0v) is 9.40.